The fourth-order valence-electron chi connectivity index (χ4n) is 1.48. The van der Waals surface area contributed by atoms with Gasteiger partial charge < -0.3 is 9.73 Å². The fraction of sp³-hybridized carbons (Fsp3) is 0.333. The van der Waals surface area contributed by atoms with Crippen molar-refractivity contribution in [2.45, 2.75) is 6.04 Å². The normalized spacial score (nSPS) is 13.0. The third-order valence-corrected chi connectivity index (χ3v) is 2.21. The van der Waals surface area contributed by atoms with Gasteiger partial charge in [-0.05, 0) is 13.1 Å². The van der Waals surface area contributed by atoms with E-state index in [2.05, 4.69) is 15.6 Å². The minimum Gasteiger partial charge on any atom is -0.472 e. The van der Waals surface area contributed by atoms with Crippen molar-refractivity contribution in [3.05, 3.63) is 36.0 Å². The molecule has 0 fully saturated rings. The highest BCUT2D eigenvalue weighted by molar-refractivity contribution is 5.22. The van der Waals surface area contributed by atoms with Crippen molar-refractivity contribution in [2.75, 3.05) is 7.05 Å². The minimum atomic E-state index is 0.0775. The first-order chi connectivity index (χ1) is 6.83. The van der Waals surface area contributed by atoms with Gasteiger partial charge in [0, 0.05) is 12.6 Å². The van der Waals surface area contributed by atoms with E-state index < -0.39 is 0 Å². The molecule has 1 N–H and O–H groups in total. The summed E-state index contributed by atoms with van der Waals surface area (Å²) in [5.74, 6) is 0. The standard InChI is InChI=1S/C9H12N4O/c1-10-9(7-3-4-14-6-7)8-5-11-12-13(8)2/h3-6,9-10H,1-2H3. The third-order valence-electron chi connectivity index (χ3n) is 2.21. The molecule has 2 rings (SSSR count). The number of hydrogen-bond acceptors (Lipinski definition) is 4. The van der Waals surface area contributed by atoms with Gasteiger partial charge in [-0.25, -0.2) is 0 Å². The van der Waals surface area contributed by atoms with Gasteiger partial charge in [0.05, 0.1) is 30.5 Å². The lowest BCUT2D eigenvalue weighted by atomic mass is 10.1. The molecule has 0 radical (unpaired) electrons. The minimum absolute atomic E-state index is 0.0775. The SMILES string of the molecule is CNC(c1ccoc1)c1cnnn1C. The molecule has 1 atom stereocenters. The van der Waals surface area contributed by atoms with E-state index in [9.17, 15) is 0 Å². The number of nitrogens with one attached hydrogen (secondary N) is 1. The molecular weight excluding hydrogens is 180 g/mol. The summed E-state index contributed by atoms with van der Waals surface area (Å²) in [4.78, 5) is 0. The highest BCUT2D eigenvalue weighted by Crippen LogP contribution is 2.20. The fourth-order valence-corrected chi connectivity index (χ4v) is 1.48. The first-order valence-electron chi connectivity index (χ1n) is 4.37. The van der Waals surface area contributed by atoms with Crippen LogP contribution in [0.1, 0.15) is 17.3 Å². The van der Waals surface area contributed by atoms with E-state index in [0.717, 1.165) is 11.3 Å². The van der Waals surface area contributed by atoms with E-state index in [1.165, 1.54) is 0 Å². The molecule has 2 aromatic heterocycles. The van der Waals surface area contributed by atoms with Crippen molar-refractivity contribution in [3.63, 3.8) is 0 Å². The number of nitrogens with zero attached hydrogens (tertiary/aromatic N) is 3. The first-order valence-corrected chi connectivity index (χ1v) is 4.37. The Bertz CT molecular complexity index is 393. The highest BCUT2D eigenvalue weighted by atomic mass is 16.3. The van der Waals surface area contributed by atoms with Crippen LogP contribution in [0.5, 0.6) is 0 Å². The van der Waals surface area contributed by atoms with E-state index in [-0.39, 0.29) is 6.04 Å². The Hall–Kier alpha value is -1.62. The molecule has 2 aromatic rings. The van der Waals surface area contributed by atoms with Crippen LogP contribution in [-0.4, -0.2) is 22.0 Å². The van der Waals surface area contributed by atoms with Crippen LogP contribution in [-0.2, 0) is 7.05 Å². The molecular formula is C9H12N4O. The largest absolute Gasteiger partial charge is 0.472 e. The predicted octanol–water partition coefficient (Wildman–Crippen LogP) is 0.717. The van der Waals surface area contributed by atoms with Crippen LogP contribution >= 0.6 is 0 Å². The Morgan fingerprint density at radius 2 is 2.43 bits per heavy atom. The average molecular weight is 192 g/mol. The van der Waals surface area contributed by atoms with E-state index in [1.807, 2.05) is 20.2 Å². The van der Waals surface area contributed by atoms with Gasteiger partial charge in [-0.3, -0.25) is 4.68 Å². The molecule has 0 aliphatic rings. The van der Waals surface area contributed by atoms with Gasteiger partial charge in [-0.1, -0.05) is 5.21 Å². The van der Waals surface area contributed by atoms with Crippen molar-refractivity contribution in [3.8, 4) is 0 Å². The summed E-state index contributed by atoms with van der Waals surface area (Å²) in [5.41, 5.74) is 2.08. The lowest BCUT2D eigenvalue weighted by Gasteiger charge is -2.13. The average Bonchev–Trinajstić information content (AvgIpc) is 2.80. The summed E-state index contributed by atoms with van der Waals surface area (Å²) >= 11 is 0. The molecule has 0 spiro atoms. The van der Waals surface area contributed by atoms with E-state index in [4.69, 9.17) is 4.42 Å². The summed E-state index contributed by atoms with van der Waals surface area (Å²) in [6.45, 7) is 0. The number of rotatable bonds is 3. The molecule has 0 aliphatic heterocycles. The summed E-state index contributed by atoms with van der Waals surface area (Å²) in [5, 5.41) is 10.9. The van der Waals surface area contributed by atoms with Gasteiger partial charge in [0.25, 0.3) is 0 Å². The van der Waals surface area contributed by atoms with Gasteiger partial charge in [-0.15, -0.1) is 5.10 Å². The second-order valence-electron chi connectivity index (χ2n) is 3.06. The zero-order valence-corrected chi connectivity index (χ0v) is 8.14. The highest BCUT2D eigenvalue weighted by Gasteiger charge is 2.16. The topological polar surface area (TPSA) is 55.9 Å². The van der Waals surface area contributed by atoms with E-state index in [1.54, 1.807) is 23.4 Å². The zero-order chi connectivity index (χ0) is 9.97. The van der Waals surface area contributed by atoms with Gasteiger partial charge in [0.15, 0.2) is 0 Å². The summed E-state index contributed by atoms with van der Waals surface area (Å²) in [6.07, 6.45) is 5.12. The lowest BCUT2D eigenvalue weighted by molar-refractivity contribution is 0.549. The molecule has 0 bridgehead atoms. The molecule has 5 nitrogen and oxygen atoms in total. The second-order valence-corrected chi connectivity index (χ2v) is 3.06. The van der Waals surface area contributed by atoms with Crippen LogP contribution in [0.4, 0.5) is 0 Å². The summed E-state index contributed by atoms with van der Waals surface area (Å²) in [7, 11) is 3.76. The number of aryl methyl sites for hydroxylation is 1. The maximum atomic E-state index is 5.05. The smallest absolute Gasteiger partial charge is 0.0954 e. The molecule has 0 saturated heterocycles. The van der Waals surface area contributed by atoms with E-state index >= 15 is 0 Å². The van der Waals surface area contributed by atoms with E-state index in [0.29, 0.717) is 0 Å². The van der Waals surface area contributed by atoms with Crippen LogP contribution in [0.3, 0.4) is 0 Å². The third kappa shape index (κ3) is 1.42. The molecule has 14 heavy (non-hydrogen) atoms. The predicted molar refractivity (Wildman–Crippen MR) is 50.6 cm³/mol. The van der Waals surface area contributed by atoms with Crippen LogP contribution in [0.25, 0.3) is 0 Å². The molecule has 74 valence electrons. The lowest BCUT2D eigenvalue weighted by Crippen LogP contribution is -2.19. The number of furan rings is 1. The maximum absolute atomic E-state index is 5.05. The van der Waals surface area contributed by atoms with Crippen molar-refractivity contribution in [1.82, 2.24) is 20.3 Å². The quantitative estimate of drug-likeness (QED) is 0.778. The van der Waals surface area contributed by atoms with Crippen molar-refractivity contribution in [2.24, 2.45) is 7.05 Å². The molecule has 0 aliphatic carbocycles. The van der Waals surface area contributed by atoms with Crippen LogP contribution in [0.15, 0.2) is 29.2 Å². The Morgan fingerprint density at radius 3 is 2.93 bits per heavy atom. The van der Waals surface area contributed by atoms with Gasteiger partial charge >= 0.3 is 0 Å². The Balaban J connectivity index is 2.36. The van der Waals surface area contributed by atoms with Crippen molar-refractivity contribution < 1.29 is 4.42 Å². The number of hydrogen-bond donors (Lipinski definition) is 1. The molecule has 1 unspecified atom stereocenters. The van der Waals surface area contributed by atoms with Crippen LogP contribution in [0.2, 0.25) is 0 Å². The molecule has 0 amide bonds. The van der Waals surface area contributed by atoms with Crippen molar-refractivity contribution >= 4 is 0 Å². The monoisotopic (exact) mass is 192 g/mol. The zero-order valence-electron chi connectivity index (χ0n) is 8.14. The number of aromatic nitrogens is 3. The van der Waals surface area contributed by atoms with Gasteiger partial charge in [-0.2, -0.15) is 0 Å². The van der Waals surface area contributed by atoms with Gasteiger partial charge in [0.1, 0.15) is 0 Å². The first kappa shape index (κ1) is 8.96. The Kier molecular flexibility index (Phi) is 2.32. The molecule has 5 heteroatoms. The maximum Gasteiger partial charge on any atom is 0.0954 e. The Morgan fingerprint density at radius 1 is 1.57 bits per heavy atom. The van der Waals surface area contributed by atoms with Gasteiger partial charge in [0.2, 0.25) is 0 Å². The Labute approximate surface area is 81.7 Å². The van der Waals surface area contributed by atoms with Crippen LogP contribution in [0, 0.1) is 0 Å². The molecule has 0 aromatic carbocycles. The van der Waals surface area contributed by atoms with Crippen molar-refractivity contribution in [1.29, 1.82) is 0 Å². The van der Waals surface area contributed by atoms with Crippen LogP contribution < -0.4 is 5.32 Å². The summed E-state index contributed by atoms with van der Waals surface area (Å²) in [6, 6.07) is 2.00. The second kappa shape index (κ2) is 3.63. The summed E-state index contributed by atoms with van der Waals surface area (Å²) < 4.78 is 6.79. The molecule has 0 saturated carbocycles. The molecule has 2 heterocycles.